The van der Waals surface area contributed by atoms with Gasteiger partial charge in [-0.15, -0.1) is 0 Å². The van der Waals surface area contributed by atoms with Crippen LogP contribution in [-0.4, -0.2) is 10.5 Å². The van der Waals surface area contributed by atoms with Crippen molar-refractivity contribution in [2.24, 2.45) is 5.41 Å². The second-order valence-corrected chi connectivity index (χ2v) is 5.71. The van der Waals surface area contributed by atoms with Crippen LogP contribution in [-0.2, 0) is 0 Å². The lowest BCUT2D eigenvalue weighted by molar-refractivity contribution is 0.294. The Morgan fingerprint density at radius 1 is 1.11 bits per heavy atom. The molecule has 1 heteroatoms. The molecule has 0 unspecified atom stereocenters. The smallest absolute Gasteiger partial charge is 0.0155 e. The van der Waals surface area contributed by atoms with Crippen molar-refractivity contribution in [1.82, 2.24) is 0 Å². The van der Waals surface area contributed by atoms with Gasteiger partial charge in [0, 0.05) is 4.75 Å². The van der Waals surface area contributed by atoms with Crippen LogP contribution in [0.1, 0.15) is 34.1 Å². The number of hydrogen-bond acceptors (Lipinski definition) is 1. The third kappa shape index (κ3) is 1.12. The van der Waals surface area contributed by atoms with Crippen LogP contribution < -0.4 is 0 Å². The van der Waals surface area contributed by atoms with E-state index < -0.39 is 0 Å². The van der Waals surface area contributed by atoms with Crippen LogP contribution in [0.25, 0.3) is 0 Å². The van der Waals surface area contributed by atoms with E-state index in [0.717, 1.165) is 0 Å². The first-order valence-corrected chi connectivity index (χ1v) is 4.58. The Kier molecular flexibility index (Phi) is 1.59. The summed E-state index contributed by atoms with van der Waals surface area (Å²) in [7, 11) is 0. The summed E-state index contributed by atoms with van der Waals surface area (Å²) in [5.41, 5.74) is 0.553. The van der Waals surface area contributed by atoms with Crippen LogP contribution in [0.15, 0.2) is 0 Å². The van der Waals surface area contributed by atoms with Gasteiger partial charge in [0.15, 0.2) is 0 Å². The fraction of sp³-hybridized carbons (Fsp3) is 1.00. The van der Waals surface area contributed by atoms with Crippen LogP contribution in [0.4, 0.5) is 0 Å². The average molecular weight is 144 g/mol. The molecule has 1 heterocycles. The van der Waals surface area contributed by atoms with Crippen molar-refractivity contribution >= 4 is 11.8 Å². The molecular weight excluding hydrogens is 128 g/mol. The van der Waals surface area contributed by atoms with Crippen molar-refractivity contribution in [2.75, 3.05) is 5.75 Å². The van der Waals surface area contributed by atoms with E-state index in [4.69, 9.17) is 0 Å². The van der Waals surface area contributed by atoms with Gasteiger partial charge in [-0.05, 0) is 17.6 Å². The van der Waals surface area contributed by atoms with Crippen molar-refractivity contribution in [2.45, 2.75) is 38.9 Å². The number of rotatable bonds is 0. The Labute approximate surface area is 62.4 Å². The van der Waals surface area contributed by atoms with Crippen LogP contribution >= 0.6 is 11.8 Å². The first-order chi connectivity index (χ1) is 3.96. The monoisotopic (exact) mass is 144 g/mol. The summed E-state index contributed by atoms with van der Waals surface area (Å²) in [6.45, 7) is 9.44. The summed E-state index contributed by atoms with van der Waals surface area (Å²) >= 11 is 2.11. The minimum absolute atomic E-state index is 0.507. The molecule has 0 aromatic carbocycles. The van der Waals surface area contributed by atoms with E-state index >= 15 is 0 Å². The zero-order valence-electron chi connectivity index (χ0n) is 6.82. The second-order valence-electron chi connectivity index (χ2n) is 3.99. The Morgan fingerprint density at radius 3 is 1.78 bits per heavy atom. The van der Waals surface area contributed by atoms with Crippen LogP contribution in [0.5, 0.6) is 0 Å². The van der Waals surface area contributed by atoms with E-state index in [2.05, 4.69) is 39.5 Å². The minimum atomic E-state index is 0.507. The van der Waals surface area contributed by atoms with Gasteiger partial charge >= 0.3 is 0 Å². The third-order valence-electron chi connectivity index (χ3n) is 2.82. The molecule has 0 aromatic heterocycles. The lowest BCUT2D eigenvalue weighted by Gasteiger charge is -2.33. The highest BCUT2D eigenvalue weighted by atomic mass is 32.2. The molecule has 0 aliphatic carbocycles. The van der Waals surface area contributed by atoms with Crippen molar-refractivity contribution < 1.29 is 0 Å². The van der Waals surface area contributed by atoms with E-state index in [-0.39, 0.29) is 0 Å². The molecule has 1 fully saturated rings. The summed E-state index contributed by atoms with van der Waals surface area (Å²) in [5, 5.41) is 0. The van der Waals surface area contributed by atoms with Gasteiger partial charge in [0.2, 0.25) is 0 Å². The quantitative estimate of drug-likeness (QED) is 0.503. The molecule has 0 nitrogen and oxygen atoms in total. The van der Waals surface area contributed by atoms with Crippen molar-refractivity contribution in [3.05, 3.63) is 0 Å². The summed E-state index contributed by atoms with van der Waals surface area (Å²) in [5.74, 6) is 1.35. The van der Waals surface area contributed by atoms with Gasteiger partial charge in [0.25, 0.3) is 0 Å². The highest BCUT2D eigenvalue weighted by Gasteiger charge is 2.41. The van der Waals surface area contributed by atoms with Gasteiger partial charge < -0.3 is 0 Å². The third-order valence-corrected chi connectivity index (χ3v) is 4.50. The highest BCUT2D eigenvalue weighted by Crippen LogP contribution is 2.50. The van der Waals surface area contributed by atoms with Crippen molar-refractivity contribution in [3.63, 3.8) is 0 Å². The SMILES string of the molecule is CC1(C)CCSC1(C)C. The average Bonchev–Trinajstić information content (AvgIpc) is 1.81. The lowest BCUT2D eigenvalue weighted by Crippen LogP contribution is -2.30. The van der Waals surface area contributed by atoms with Gasteiger partial charge in [0.05, 0.1) is 0 Å². The van der Waals surface area contributed by atoms with Crippen molar-refractivity contribution in [3.8, 4) is 0 Å². The molecule has 1 aliphatic rings. The molecule has 1 rings (SSSR count). The molecule has 1 aliphatic heterocycles. The van der Waals surface area contributed by atoms with Gasteiger partial charge in [0.1, 0.15) is 0 Å². The summed E-state index contributed by atoms with van der Waals surface area (Å²) in [4.78, 5) is 0. The number of hydrogen-bond donors (Lipinski definition) is 0. The minimum Gasteiger partial charge on any atom is -0.155 e. The molecule has 0 radical (unpaired) electrons. The first-order valence-electron chi connectivity index (χ1n) is 3.60. The van der Waals surface area contributed by atoms with E-state index in [1.807, 2.05) is 0 Å². The Hall–Kier alpha value is 0.350. The van der Waals surface area contributed by atoms with E-state index in [1.165, 1.54) is 12.2 Å². The molecule has 0 aromatic rings. The topological polar surface area (TPSA) is 0 Å². The summed E-state index contributed by atoms with van der Waals surface area (Å²) in [6, 6.07) is 0. The predicted molar refractivity (Wildman–Crippen MR) is 44.9 cm³/mol. The lowest BCUT2D eigenvalue weighted by atomic mass is 9.79. The zero-order valence-corrected chi connectivity index (χ0v) is 7.64. The van der Waals surface area contributed by atoms with Crippen LogP contribution in [0.3, 0.4) is 0 Å². The van der Waals surface area contributed by atoms with Gasteiger partial charge in [-0.3, -0.25) is 0 Å². The largest absolute Gasteiger partial charge is 0.155 e. The molecular formula is C8H16S. The molecule has 0 bridgehead atoms. The summed E-state index contributed by atoms with van der Waals surface area (Å²) in [6.07, 6.45) is 1.38. The predicted octanol–water partition coefficient (Wildman–Crippen LogP) is 2.93. The van der Waals surface area contributed by atoms with Crippen LogP contribution in [0.2, 0.25) is 0 Å². The van der Waals surface area contributed by atoms with E-state index in [1.54, 1.807) is 0 Å². The molecule has 1 saturated heterocycles. The highest BCUT2D eigenvalue weighted by molar-refractivity contribution is 8.00. The van der Waals surface area contributed by atoms with Gasteiger partial charge in [-0.1, -0.05) is 27.7 Å². The molecule has 0 saturated carbocycles. The van der Waals surface area contributed by atoms with Crippen molar-refractivity contribution in [1.29, 1.82) is 0 Å². The molecule has 9 heavy (non-hydrogen) atoms. The van der Waals surface area contributed by atoms with Gasteiger partial charge in [-0.2, -0.15) is 11.8 Å². The van der Waals surface area contributed by atoms with E-state index in [0.29, 0.717) is 10.2 Å². The maximum absolute atomic E-state index is 2.37. The Bertz CT molecular complexity index is 99.7. The Morgan fingerprint density at radius 2 is 1.67 bits per heavy atom. The Balaban J connectivity index is 2.75. The standard InChI is InChI=1S/C8H16S/c1-7(2)5-6-9-8(7,3)4/h5-6H2,1-4H3. The summed E-state index contributed by atoms with van der Waals surface area (Å²) < 4.78 is 0.507. The zero-order chi connectivity index (χ0) is 7.12. The molecule has 0 atom stereocenters. The van der Waals surface area contributed by atoms with Crippen LogP contribution in [0, 0.1) is 5.41 Å². The number of thioether (sulfide) groups is 1. The van der Waals surface area contributed by atoms with E-state index in [9.17, 15) is 0 Å². The maximum Gasteiger partial charge on any atom is 0.0155 e. The maximum atomic E-state index is 2.37. The first kappa shape index (κ1) is 7.46. The second kappa shape index (κ2) is 1.91. The molecule has 0 spiro atoms. The molecule has 54 valence electrons. The molecule has 0 N–H and O–H groups in total. The fourth-order valence-corrected chi connectivity index (χ4v) is 2.67. The normalized spacial score (nSPS) is 30.7. The van der Waals surface area contributed by atoms with Gasteiger partial charge in [-0.25, -0.2) is 0 Å². The molecule has 0 amide bonds. The fourth-order valence-electron chi connectivity index (χ4n) is 1.06.